The van der Waals surface area contributed by atoms with Crippen LogP contribution in [0.1, 0.15) is 26.7 Å². The van der Waals surface area contributed by atoms with E-state index in [2.05, 4.69) is 28.1 Å². The van der Waals surface area contributed by atoms with Crippen molar-refractivity contribution in [2.24, 2.45) is 5.92 Å². The summed E-state index contributed by atoms with van der Waals surface area (Å²) in [6, 6.07) is 0.685. The maximum atomic E-state index is 5.53. The van der Waals surface area contributed by atoms with Crippen molar-refractivity contribution in [3.63, 3.8) is 0 Å². The van der Waals surface area contributed by atoms with Crippen LogP contribution in [0.25, 0.3) is 0 Å². The zero-order valence-electron chi connectivity index (χ0n) is 8.60. The van der Waals surface area contributed by atoms with Crippen molar-refractivity contribution in [1.82, 2.24) is 9.36 Å². The minimum Gasteiger partial charge on any atom is -0.367 e. The van der Waals surface area contributed by atoms with Gasteiger partial charge in [0.05, 0.1) is 0 Å². The van der Waals surface area contributed by atoms with Crippen LogP contribution in [0.3, 0.4) is 0 Å². The van der Waals surface area contributed by atoms with Crippen LogP contribution in [0.2, 0.25) is 0 Å². The van der Waals surface area contributed by atoms with Gasteiger partial charge in [-0.2, -0.15) is 9.36 Å². The molecule has 0 atom stereocenters. The maximum absolute atomic E-state index is 5.53. The Morgan fingerprint density at radius 1 is 1.57 bits per heavy atom. The molecule has 1 heterocycles. The molecule has 0 radical (unpaired) electrons. The summed E-state index contributed by atoms with van der Waals surface area (Å²) in [5.74, 6) is 1.06. The van der Waals surface area contributed by atoms with Crippen molar-refractivity contribution in [2.45, 2.75) is 32.7 Å². The Morgan fingerprint density at radius 2 is 2.29 bits per heavy atom. The average molecular weight is 212 g/mol. The van der Waals surface area contributed by atoms with Crippen LogP contribution in [0, 0.1) is 5.92 Å². The molecule has 2 N–H and O–H groups in total. The minimum absolute atomic E-state index is 0.402. The monoisotopic (exact) mass is 212 g/mol. The van der Waals surface area contributed by atoms with Crippen LogP contribution in [0.4, 0.5) is 11.1 Å². The Morgan fingerprint density at radius 3 is 2.71 bits per heavy atom. The van der Waals surface area contributed by atoms with Crippen molar-refractivity contribution >= 4 is 22.6 Å². The Bertz CT molecular complexity index is 306. The van der Waals surface area contributed by atoms with Crippen molar-refractivity contribution in [1.29, 1.82) is 0 Å². The molecule has 0 amide bonds. The van der Waals surface area contributed by atoms with Gasteiger partial charge in [0.2, 0.25) is 11.1 Å². The molecule has 0 unspecified atom stereocenters. The quantitative estimate of drug-likeness (QED) is 0.826. The fraction of sp³-hybridized carbons (Fsp3) is 0.778. The summed E-state index contributed by atoms with van der Waals surface area (Å²) >= 11 is 1.41. The molecule has 1 aromatic heterocycles. The predicted octanol–water partition coefficient (Wildman–Crippen LogP) is 1.75. The van der Waals surface area contributed by atoms with E-state index < -0.39 is 0 Å². The SMILES string of the molecule is CC(C)CN(c1nc(N)ns1)C1CC1. The van der Waals surface area contributed by atoms with Gasteiger partial charge >= 0.3 is 0 Å². The second kappa shape index (κ2) is 3.73. The summed E-state index contributed by atoms with van der Waals surface area (Å²) in [7, 11) is 0. The summed E-state index contributed by atoms with van der Waals surface area (Å²) in [4.78, 5) is 6.58. The second-order valence-electron chi connectivity index (χ2n) is 4.21. The van der Waals surface area contributed by atoms with Crippen molar-refractivity contribution in [3.8, 4) is 0 Å². The molecule has 2 rings (SSSR count). The lowest BCUT2D eigenvalue weighted by Gasteiger charge is -2.22. The zero-order valence-corrected chi connectivity index (χ0v) is 9.42. The number of nitrogen functional groups attached to an aromatic ring is 1. The molecular formula is C9H16N4S. The molecule has 1 fully saturated rings. The van der Waals surface area contributed by atoms with E-state index in [1.165, 1.54) is 24.4 Å². The highest BCUT2D eigenvalue weighted by molar-refractivity contribution is 7.09. The largest absolute Gasteiger partial charge is 0.367 e. The Labute approximate surface area is 88.3 Å². The first-order valence-corrected chi connectivity index (χ1v) is 5.80. The molecule has 0 spiro atoms. The van der Waals surface area contributed by atoms with E-state index in [1.54, 1.807) is 0 Å². The van der Waals surface area contributed by atoms with Crippen molar-refractivity contribution in [3.05, 3.63) is 0 Å². The highest BCUT2D eigenvalue weighted by Gasteiger charge is 2.31. The van der Waals surface area contributed by atoms with E-state index in [4.69, 9.17) is 5.73 Å². The summed E-state index contributed by atoms with van der Waals surface area (Å²) in [6.07, 6.45) is 2.57. The Kier molecular flexibility index (Phi) is 2.58. The molecule has 14 heavy (non-hydrogen) atoms. The molecule has 4 nitrogen and oxygen atoms in total. The molecule has 78 valence electrons. The van der Waals surface area contributed by atoms with Crippen LogP contribution < -0.4 is 10.6 Å². The maximum Gasteiger partial charge on any atom is 0.233 e. The fourth-order valence-corrected chi connectivity index (χ4v) is 2.18. The second-order valence-corrected chi connectivity index (χ2v) is 4.94. The fourth-order valence-electron chi connectivity index (χ4n) is 1.51. The topological polar surface area (TPSA) is 55.0 Å². The standard InChI is InChI=1S/C9H16N4S/c1-6(2)5-13(7-3-4-7)9-11-8(10)12-14-9/h6-7H,3-5H2,1-2H3,(H2,10,12). The Hall–Kier alpha value is -0.840. The van der Waals surface area contributed by atoms with Gasteiger partial charge in [-0.3, -0.25) is 0 Å². The highest BCUT2D eigenvalue weighted by atomic mass is 32.1. The third-order valence-corrected chi connectivity index (χ3v) is 2.99. The number of nitrogens with two attached hydrogens (primary N) is 1. The molecule has 0 saturated heterocycles. The summed E-state index contributed by atoms with van der Waals surface area (Å²) in [5.41, 5.74) is 5.53. The summed E-state index contributed by atoms with van der Waals surface area (Å²) in [6.45, 7) is 5.50. The van der Waals surface area contributed by atoms with Crippen LogP contribution in [0.5, 0.6) is 0 Å². The molecule has 0 bridgehead atoms. The lowest BCUT2D eigenvalue weighted by atomic mass is 10.2. The van der Waals surface area contributed by atoms with E-state index in [0.29, 0.717) is 17.9 Å². The lowest BCUT2D eigenvalue weighted by Crippen LogP contribution is -2.29. The van der Waals surface area contributed by atoms with E-state index in [0.717, 1.165) is 11.7 Å². The smallest absolute Gasteiger partial charge is 0.233 e. The van der Waals surface area contributed by atoms with E-state index >= 15 is 0 Å². The molecule has 0 aromatic carbocycles. The van der Waals surface area contributed by atoms with Crippen molar-refractivity contribution < 1.29 is 0 Å². The van der Waals surface area contributed by atoms with Gasteiger partial charge in [0.15, 0.2) is 0 Å². The zero-order chi connectivity index (χ0) is 10.1. The number of hydrogen-bond donors (Lipinski definition) is 1. The van der Waals surface area contributed by atoms with Gasteiger partial charge in [0.25, 0.3) is 0 Å². The third kappa shape index (κ3) is 2.15. The first-order chi connectivity index (χ1) is 6.66. The third-order valence-electron chi connectivity index (χ3n) is 2.23. The number of hydrogen-bond acceptors (Lipinski definition) is 5. The van der Waals surface area contributed by atoms with E-state index in [1.807, 2.05) is 0 Å². The predicted molar refractivity (Wildman–Crippen MR) is 59.5 cm³/mol. The number of aromatic nitrogens is 2. The van der Waals surface area contributed by atoms with E-state index in [9.17, 15) is 0 Å². The lowest BCUT2D eigenvalue weighted by molar-refractivity contribution is 0.606. The molecule has 0 aliphatic heterocycles. The number of rotatable bonds is 4. The average Bonchev–Trinajstić information content (AvgIpc) is 2.85. The first kappa shape index (κ1) is 9.71. The Balaban J connectivity index is 2.09. The molecule has 1 saturated carbocycles. The molecule has 5 heteroatoms. The van der Waals surface area contributed by atoms with Gasteiger partial charge in [0, 0.05) is 24.1 Å². The number of nitrogens with zero attached hydrogens (tertiary/aromatic N) is 3. The van der Waals surface area contributed by atoms with Crippen LogP contribution in [0.15, 0.2) is 0 Å². The normalized spacial score (nSPS) is 16.2. The van der Waals surface area contributed by atoms with E-state index in [-0.39, 0.29) is 0 Å². The first-order valence-electron chi connectivity index (χ1n) is 5.02. The van der Waals surface area contributed by atoms with Gasteiger partial charge in [-0.05, 0) is 18.8 Å². The summed E-state index contributed by atoms with van der Waals surface area (Å²) < 4.78 is 4.02. The van der Waals surface area contributed by atoms with Crippen molar-refractivity contribution in [2.75, 3.05) is 17.2 Å². The highest BCUT2D eigenvalue weighted by Crippen LogP contribution is 2.33. The van der Waals surface area contributed by atoms with Crippen LogP contribution in [-0.2, 0) is 0 Å². The van der Waals surface area contributed by atoms with Gasteiger partial charge in [0.1, 0.15) is 0 Å². The summed E-state index contributed by atoms with van der Waals surface area (Å²) in [5, 5.41) is 0.985. The molecule has 1 aliphatic carbocycles. The van der Waals surface area contributed by atoms with Crippen LogP contribution >= 0.6 is 11.5 Å². The van der Waals surface area contributed by atoms with Gasteiger partial charge in [-0.15, -0.1) is 0 Å². The molecule has 1 aromatic rings. The number of anilines is 2. The van der Waals surface area contributed by atoms with Gasteiger partial charge < -0.3 is 10.6 Å². The van der Waals surface area contributed by atoms with Gasteiger partial charge in [-0.1, -0.05) is 13.8 Å². The molecule has 1 aliphatic rings. The molecular weight excluding hydrogens is 196 g/mol. The van der Waals surface area contributed by atoms with Gasteiger partial charge in [-0.25, -0.2) is 0 Å². The van der Waals surface area contributed by atoms with Crippen LogP contribution in [-0.4, -0.2) is 21.9 Å². The minimum atomic E-state index is 0.402.